The number of rotatable bonds is 7. The second kappa shape index (κ2) is 7.92. The van der Waals surface area contributed by atoms with Gasteiger partial charge in [-0.3, -0.25) is 4.79 Å². The minimum absolute atomic E-state index is 0.147. The molecule has 2 heterocycles. The monoisotopic (exact) mass is 330 g/mol. The molecule has 0 aliphatic carbocycles. The predicted octanol–water partition coefficient (Wildman–Crippen LogP) is 1.79. The number of carbonyl (C=O) groups excluding carboxylic acids is 1. The number of amides is 1. The summed E-state index contributed by atoms with van der Waals surface area (Å²) in [7, 11) is 0. The number of hydrogen-bond donors (Lipinski definition) is 1. The molecule has 0 spiro atoms. The van der Waals surface area contributed by atoms with Crippen molar-refractivity contribution in [3.8, 4) is 5.75 Å². The number of benzene rings is 1. The lowest BCUT2D eigenvalue weighted by Gasteiger charge is -2.11. The summed E-state index contributed by atoms with van der Waals surface area (Å²) in [5, 5.41) is 10.7. The van der Waals surface area contributed by atoms with Gasteiger partial charge in [-0.2, -0.15) is 0 Å². The number of ether oxygens (including phenoxy) is 2. The SMILES string of the molecule is CCn1cnnc1CNC(=O)c1ccc(OC[C@@H]2CCCO2)cc1. The Labute approximate surface area is 141 Å². The van der Waals surface area contributed by atoms with Crippen molar-refractivity contribution in [2.75, 3.05) is 13.2 Å². The van der Waals surface area contributed by atoms with E-state index in [9.17, 15) is 4.79 Å². The molecule has 3 rings (SSSR count). The summed E-state index contributed by atoms with van der Waals surface area (Å²) >= 11 is 0. The molecule has 1 aliphatic rings. The van der Waals surface area contributed by atoms with E-state index in [1.165, 1.54) is 0 Å². The van der Waals surface area contributed by atoms with Crippen LogP contribution in [0, 0.1) is 0 Å². The summed E-state index contributed by atoms with van der Waals surface area (Å²) in [5.41, 5.74) is 0.585. The number of aromatic nitrogens is 3. The van der Waals surface area contributed by atoms with Gasteiger partial charge in [-0.05, 0) is 44.0 Å². The molecule has 7 heteroatoms. The van der Waals surface area contributed by atoms with E-state index in [-0.39, 0.29) is 12.0 Å². The van der Waals surface area contributed by atoms with Crippen LogP contribution in [0.25, 0.3) is 0 Å². The van der Waals surface area contributed by atoms with E-state index in [1.807, 2.05) is 11.5 Å². The van der Waals surface area contributed by atoms with Crippen LogP contribution in [0.3, 0.4) is 0 Å². The minimum Gasteiger partial charge on any atom is -0.491 e. The van der Waals surface area contributed by atoms with Gasteiger partial charge in [0.15, 0.2) is 5.82 Å². The Morgan fingerprint density at radius 1 is 1.42 bits per heavy atom. The summed E-state index contributed by atoms with van der Waals surface area (Å²) < 4.78 is 13.1. The van der Waals surface area contributed by atoms with E-state index in [2.05, 4.69) is 15.5 Å². The highest BCUT2D eigenvalue weighted by Crippen LogP contribution is 2.16. The van der Waals surface area contributed by atoms with Gasteiger partial charge >= 0.3 is 0 Å². The van der Waals surface area contributed by atoms with E-state index < -0.39 is 0 Å². The van der Waals surface area contributed by atoms with Crippen LogP contribution in [0.1, 0.15) is 35.9 Å². The average molecular weight is 330 g/mol. The van der Waals surface area contributed by atoms with Crippen LogP contribution in [-0.2, 0) is 17.8 Å². The van der Waals surface area contributed by atoms with Crippen LogP contribution in [0.15, 0.2) is 30.6 Å². The molecule has 1 aromatic carbocycles. The smallest absolute Gasteiger partial charge is 0.251 e. The van der Waals surface area contributed by atoms with Crippen molar-refractivity contribution in [2.45, 2.75) is 39.0 Å². The van der Waals surface area contributed by atoms with Crippen molar-refractivity contribution >= 4 is 5.91 Å². The maximum atomic E-state index is 12.2. The van der Waals surface area contributed by atoms with E-state index >= 15 is 0 Å². The Bertz CT molecular complexity index is 663. The highest BCUT2D eigenvalue weighted by molar-refractivity contribution is 5.94. The lowest BCUT2D eigenvalue weighted by atomic mass is 10.2. The highest BCUT2D eigenvalue weighted by Gasteiger charge is 2.16. The number of nitrogens with zero attached hydrogens (tertiary/aromatic N) is 3. The lowest BCUT2D eigenvalue weighted by Crippen LogP contribution is -2.24. The van der Waals surface area contributed by atoms with Crippen LogP contribution in [0.2, 0.25) is 0 Å². The highest BCUT2D eigenvalue weighted by atomic mass is 16.5. The van der Waals surface area contributed by atoms with Crippen molar-refractivity contribution in [3.05, 3.63) is 42.0 Å². The first-order chi connectivity index (χ1) is 11.8. The summed E-state index contributed by atoms with van der Waals surface area (Å²) in [6.45, 7) is 4.50. The second-order valence-electron chi connectivity index (χ2n) is 5.69. The van der Waals surface area contributed by atoms with E-state index in [0.29, 0.717) is 18.7 Å². The lowest BCUT2D eigenvalue weighted by molar-refractivity contribution is 0.0679. The molecule has 0 saturated carbocycles. The molecule has 1 aromatic heterocycles. The van der Waals surface area contributed by atoms with Crippen LogP contribution < -0.4 is 10.1 Å². The summed E-state index contributed by atoms with van der Waals surface area (Å²) in [5.74, 6) is 1.33. The molecule has 1 saturated heterocycles. The van der Waals surface area contributed by atoms with Gasteiger partial charge in [-0.15, -0.1) is 10.2 Å². The summed E-state index contributed by atoms with van der Waals surface area (Å²) in [4.78, 5) is 12.2. The Balaban J connectivity index is 1.49. The topological polar surface area (TPSA) is 78.3 Å². The number of hydrogen-bond acceptors (Lipinski definition) is 5. The quantitative estimate of drug-likeness (QED) is 0.837. The number of nitrogens with one attached hydrogen (secondary N) is 1. The zero-order valence-corrected chi connectivity index (χ0v) is 13.8. The van der Waals surface area contributed by atoms with E-state index in [1.54, 1.807) is 30.6 Å². The fourth-order valence-electron chi connectivity index (χ4n) is 2.61. The van der Waals surface area contributed by atoms with Gasteiger partial charge in [-0.25, -0.2) is 0 Å². The molecule has 0 bridgehead atoms. The first-order valence-corrected chi connectivity index (χ1v) is 8.25. The molecule has 128 valence electrons. The van der Waals surface area contributed by atoms with Crippen LogP contribution in [0.4, 0.5) is 0 Å². The molecule has 1 aliphatic heterocycles. The van der Waals surface area contributed by atoms with Crippen LogP contribution >= 0.6 is 0 Å². The zero-order valence-electron chi connectivity index (χ0n) is 13.8. The van der Waals surface area contributed by atoms with E-state index in [0.717, 1.165) is 37.6 Å². The molecule has 1 amide bonds. The minimum atomic E-state index is -0.147. The van der Waals surface area contributed by atoms with Gasteiger partial charge in [0.2, 0.25) is 0 Å². The standard InChI is InChI=1S/C17H22N4O3/c1-2-21-12-19-20-16(21)10-18-17(22)13-5-7-14(8-6-13)24-11-15-4-3-9-23-15/h5-8,12,15H,2-4,9-11H2,1H3,(H,18,22)/t15-/m0/s1. The summed E-state index contributed by atoms with van der Waals surface area (Å²) in [6.07, 6.45) is 3.98. The Morgan fingerprint density at radius 2 is 2.25 bits per heavy atom. The molecule has 1 atom stereocenters. The van der Waals surface area contributed by atoms with Gasteiger partial charge in [0.05, 0.1) is 12.6 Å². The zero-order chi connectivity index (χ0) is 16.8. The third kappa shape index (κ3) is 4.11. The maximum absolute atomic E-state index is 12.2. The Kier molecular flexibility index (Phi) is 5.43. The third-order valence-electron chi connectivity index (χ3n) is 4.02. The summed E-state index contributed by atoms with van der Waals surface area (Å²) in [6, 6.07) is 7.12. The fourth-order valence-corrected chi connectivity index (χ4v) is 2.61. The molecule has 24 heavy (non-hydrogen) atoms. The van der Waals surface area contributed by atoms with Crippen molar-refractivity contribution in [2.24, 2.45) is 0 Å². The first kappa shape index (κ1) is 16.4. The Morgan fingerprint density at radius 3 is 2.96 bits per heavy atom. The average Bonchev–Trinajstić information content (AvgIpc) is 3.29. The van der Waals surface area contributed by atoms with Crippen molar-refractivity contribution in [1.29, 1.82) is 0 Å². The van der Waals surface area contributed by atoms with Gasteiger partial charge in [0.25, 0.3) is 5.91 Å². The predicted molar refractivity (Wildman–Crippen MR) is 87.8 cm³/mol. The van der Waals surface area contributed by atoms with Crippen molar-refractivity contribution < 1.29 is 14.3 Å². The van der Waals surface area contributed by atoms with Gasteiger partial charge in [-0.1, -0.05) is 0 Å². The molecular formula is C17H22N4O3. The molecular weight excluding hydrogens is 308 g/mol. The van der Waals surface area contributed by atoms with Gasteiger partial charge in [0, 0.05) is 18.7 Å². The third-order valence-corrected chi connectivity index (χ3v) is 4.02. The van der Waals surface area contributed by atoms with Crippen molar-refractivity contribution in [1.82, 2.24) is 20.1 Å². The fraction of sp³-hybridized carbons (Fsp3) is 0.471. The second-order valence-corrected chi connectivity index (χ2v) is 5.69. The Hall–Kier alpha value is -2.41. The molecule has 2 aromatic rings. The number of carbonyl (C=O) groups is 1. The van der Waals surface area contributed by atoms with Crippen LogP contribution in [-0.4, -0.2) is 40.0 Å². The maximum Gasteiger partial charge on any atom is 0.251 e. The van der Waals surface area contributed by atoms with Gasteiger partial charge < -0.3 is 19.4 Å². The molecule has 7 nitrogen and oxygen atoms in total. The number of aryl methyl sites for hydroxylation is 1. The first-order valence-electron chi connectivity index (χ1n) is 8.25. The van der Waals surface area contributed by atoms with Crippen LogP contribution in [0.5, 0.6) is 5.75 Å². The van der Waals surface area contributed by atoms with E-state index in [4.69, 9.17) is 9.47 Å². The largest absolute Gasteiger partial charge is 0.491 e. The molecule has 1 N–H and O–H groups in total. The molecule has 1 fully saturated rings. The molecule has 0 radical (unpaired) electrons. The normalized spacial score (nSPS) is 17.0. The van der Waals surface area contributed by atoms with Crippen molar-refractivity contribution in [3.63, 3.8) is 0 Å². The molecule has 0 unspecified atom stereocenters. The van der Waals surface area contributed by atoms with Gasteiger partial charge in [0.1, 0.15) is 18.7 Å².